The molecule has 34 heavy (non-hydrogen) atoms. The van der Waals surface area contributed by atoms with Crippen molar-refractivity contribution in [3.05, 3.63) is 88.0 Å². The number of esters is 1. The SMILES string of the molecule is CCOC(=O)C[C@H]1CN(S(=O)(=O)c2ccc(C)cc2)[C@@H](c2ccc3ccccc3c2)[C@@H]1[N+](=O)[O-]. The van der Waals surface area contributed by atoms with Crippen LogP contribution in [0.3, 0.4) is 0 Å². The highest BCUT2D eigenvalue weighted by Crippen LogP contribution is 2.43. The molecule has 1 saturated heterocycles. The largest absolute Gasteiger partial charge is 0.466 e. The molecule has 1 aliphatic rings. The molecule has 1 aliphatic heterocycles. The van der Waals surface area contributed by atoms with Gasteiger partial charge in [0, 0.05) is 11.5 Å². The molecule has 9 heteroatoms. The third-order valence-electron chi connectivity index (χ3n) is 6.25. The van der Waals surface area contributed by atoms with Crippen LogP contribution in [0.5, 0.6) is 0 Å². The van der Waals surface area contributed by atoms with E-state index in [0.29, 0.717) is 5.56 Å². The summed E-state index contributed by atoms with van der Waals surface area (Å²) in [4.78, 5) is 24.1. The summed E-state index contributed by atoms with van der Waals surface area (Å²) in [6.45, 7) is 3.50. The van der Waals surface area contributed by atoms with Gasteiger partial charge >= 0.3 is 5.97 Å². The third-order valence-corrected chi connectivity index (χ3v) is 8.11. The number of hydrogen-bond acceptors (Lipinski definition) is 6. The average molecular weight is 483 g/mol. The summed E-state index contributed by atoms with van der Waals surface area (Å²) in [6.07, 6.45) is -0.233. The van der Waals surface area contributed by atoms with Gasteiger partial charge in [-0.15, -0.1) is 0 Å². The Morgan fingerprint density at radius 3 is 2.41 bits per heavy atom. The predicted molar refractivity (Wildman–Crippen MR) is 127 cm³/mol. The summed E-state index contributed by atoms with van der Waals surface area (Å²) in [5.74, 6) is -1.41. The molecule has 0 N–H and O–H groups in total. The smallest absolute Gasteiger partial charge is 0.306 e. The van der Waals surface area contributed by atoms with Gasteiger partial charge in [-0.05, 0) is 48.4 Å². The first kappa shape index (κ1) is 23.8. The molecule has 0 spiro atoms. The maximum Gasteiger partial charge on any atom is 0.306 e. The highest BCUT2D eigenvalue weighted by Gasteiger charge is 2.55. The van der Waals surface area contributed by atoms with E-state index in [1.54, 1.807) is 31.2 Å². The van der Waals surface area contributed by atoms with Gasteiger partial charge in [-0.3, -0.25) is 14.9 Å². The number of aryl methyl sites for hydroxylation is 1. The minimum absolute atomic E-state index is 0.0581. The summed E-state index contributed by atoms with van der Waals surface area (Å²) < 4.78 is 33.6. The van der Waals surface area contributed by atoms with Crippen LogP contribution in [0.4, 0.5) is 0 Å². The summed E-state index contributed by atoms with van der Waals surface area (Å²) in [5, 5.41) is 14.1. The van der Waals surface area contributed by atoms with Crippen molar-refractivity contribution in [2.45, 2.75) is 37.2 Å². The molecular formula is C25H26N2O6S. The third kappa shape index (κ3) is 4.53. The zero-order valence-corrected chi connectivity index (χ0v) is 19.8. The van der Waals surface area contributed by atoms with E-state index in [2.05, 4.69) is 0 Å². The molecule has 3 atom stereocenters. The number of fused-ring (bicyclic) bond motifs is 1. The van der Waals surface area contributed by atoms with Crippen molar-refractivity contribution < 1.29 is 22.9 Å². The molecule has 0 amide bonds. The summed E-state index contributed by atoms with van der Waals surface area (Å²) in [7, 11) is -4.08. The lowest BCUT2D eigenvalue weighted by molar-refractivity contribution is -0.532. The monoisotopic (exact) mass is 482 g/mol. The van der Waals surface area contributed by atoms with Crippen LogP contribution in [0.25, 0.3) is 10.8 Å². The van der Waals surface area contributed by atoms with Crippen LogP contribution in [-0.4, -0.2) is 42.8 Å². The normalized spacial score (nSPS) is 20.9. The van der Waals surface area contributed by atoms with Gasteiger partial charge in [-0.25, -0.2) is 8.42 Å². The molecule has 0 aliphatic carbocycles. The van der Waals surface area contributed by atoms with Gasteiger partial charge in [0.25, 0.3) is 0 Å². The number of ether oxygens (including phenoxy) is 1. The maximum atomic E-state index is 13.7. The lowest BCUT2D eigenvalue weighted by Crippen LogP contribution is -2.36. The maximum absolute atomic E-state index is 13.7. The van der Waals surface area contributed by atoms with E-state index in [4.69, 9.17) is 4.74 Å². The molecule has 0 unspecified atom stereocenters. The van der Waals surface area contributed by atoms with E-state index in [1.165, 1.54) is 16.4 Å². The Balaban J connectivity index is 1.84. The molecule has 178 valence electrons. The second-order valence-corrected chi connectivity index (χ2v) is 10.4. The minimum atomic E-state index is -4.08. The molecule has 0 saturated carbocycles. The summed E-state index contributed by atoms with van der Waals surface area (Å²) in [6, 6.07) is 16.9. The Morgan fingerprint density at radius 1 is 1.09 bits per heavy atom. The first-order valence-corrected chi connectivity index (χ1v) is 12.5. The van der Waals surface area contributed by atoms with Gasteiger partial charge in [0.15, 0.2) is 0 Å². The Morgan fingerprint density at radius 2 is 1.76 bits per heavy atom. The van der Waals surface area contributed by atoms with Gasteiger partial charge in [0.1, 0.15) is 6.04 Å². The average Bonchev–Trinajstić information content (AvgIpc) is 3.19. The molecule has 0 bridgehead atoms. The molecule has 8 nitrogen and oxygen atoms in total. The van der Waals surface area contributed by atoms with E-state index in [9.17, 15) is 23.3 Å². The van der Waals surface area contributed by atoms with E-state index in [-0.39, 0.29) is 24.5 Å². The van der Waals surface area contributed by atoms with E-state index in [1.807, 2.05) is 37.3 Å². The lowest BCUT2D eigenvalue weighted by Gasteiger charge is -2.25. The number of rotatable bonds is 7. The fourth-order valence-corrected chi connectivity index (χ4v) is 6.32. The van der Waals surface area contributed by atoms with Crippen molar-refractivity contribution in [3.63, 3.8) is 0 Å². The highest BCUT2D eigenvalue weighted by atomic mass is 32.2. The van der Waals surface area contributed by atoms with Crippen LogP contribution in [0.15, 0.2) is 71.6 Å². The van der Waals surface area contributed by atoms with E-state index >= 15 is 0 Å². The zero-order chi connectivity index (χ0) is 24.5. The molecule has 1 fully saturated rings. The van der Waals surface area contributed by atoms with Crippen LogP contribution < -0.4 is 0 Å². The van der Waals surface area contributed by atoms with Crippen molar-refractivity contribution in [2.75, 3.05) is 13.2 Å². The Labute approximate surface area is 198 Å². The predicted octanol–water partition coefficient (Wildman–Crippen LogP) is 4.11. The van der Waals surface area contributed by atoms with Crippen molar-refractivity contribution in [3.8, 4) is 0 Å². The molecule has 1 heterocycles. The van der Waals surface area contributed by atoms with Crippen LogP contribution in [0.2, 0.25) is 0 Å². The van der Waals surface area contributed by atoms with Crippen LogP contribution in [0, 0.1) is 23.0 Å². The fourth-order valence-electron chi connectivity index (χ4n) is 4.64. The van der Waals surface area contributed by atoms with Crippen LogP contribution in [-0.2, 0) is 19.6 Å². The van der Waals surface area contributed by atoms with Crippen LogP contribution >= 0.6 is 0 Å². The van der Waals surface area contributed by atoms with Gasteiger partial charge < -0.3 is 4.74 Å². The Hall–Kier alpha value is -3.30. The number of sulfonamides is 1. The minimum Gasteiger partial charge on any atom is -0.466 e. The van der Waals surface area contributed by atoms with Gasteiger partial charge in [-0.2, -0.15) is 4.31 Å². The number of nitrogens with zero attached hydrogens (tertiary/aromatic N) is 2. The Kier molecular flexibility index (Phi) is 6.67. The molecule has 4 rings (SSSR count). The van der Waals surface area contributed by atoms with Crippen molar-refractivity contribution in [1.82, 2.24) is 4.31 Å². The van der Waals surface area contributed by atoms with Crippen molar-refractivity contribution >= 4 is 26.8 Å². The molecule has 3 aromatic rings. The quantitative estimate of drug-likeness (QED) is 0.285. The first-order chi connectivity index (χ1) is 16.2. The van der Waals surface area contributed by atoms with Gasteiger partial charge in [-0.1, -0.05) is 54.1 Å². The van der Waals surface area contributed by atoms with Gasteiger partial charge in [0.2, 0.25) is 16.1 Å². The second kappa shape index (κ2) is 9.52. The first-order valence-electron chi connectivity index (χ1n) is 11.1. The van der Waals surface area contributed by atoms with Crippen molar-refractivity contribution in [1.29, 1.82) is 0 Å². The van der Waals surface area contributed by atoms with E-state index in [0.717, 1.165) is 16.3 Å². The lowest BCUT2D eigenvalue weighted by atomic mass is 9.91. The molecule has 0 aromatic heterocycles. The zero-order valence-electron chi connectivity index (χ0n) is 19.0. The van der Waals surface area contributed by atoms with Crippen molar-refractivity contribution in [2.24, 2.45) is 5.92 Å². The summed E-state index contributed by atoms with van der Waals surface area (Å²) in [5.41, 5.74) is 1.41. The molecule has 3 aromatic carbocycles. The second-order valence-electron chi connectivity index (χ2n) is 8.48. The number of nitro groups is 1. The van der Waals surface area contributed by atoms with E-state index < -0.39 is 38.9 Å². The molecule has 0 radical (unpaired) electrons. The Bertz CT molecular complexity index is 1320. The molecular weight excluding hydrogens is 456 g/mol. The van der Waals surface area contributed by atoms with Gasteiger partial charge in [0.05, 0.1) is 23.8 Å². The number of carbonyl (C=O) groups is 1. The topological polar surface area (TPSA) is 107 Å². The fraction of sp³-hybridized carbons (Fsp3) is 0.320. The highest BCUT2D eigenvalue weighted by molar-refractivity contribution is 7.89. The van der Waals surface area contributed by atoms with Crippen LogP contribution in [0.1, 0.15) is 30.5 Å². The summed E-state index contributed by atoms with van der Waals surface area (Å²) >= 11 is 0. The number of hydrogen-bond donors (Lipinski definition) is 0. The number of carbonyl (C=O) groups excluding carboxylic acids is 1. The standard InChI is InChI=1S/C25H26N2O6S/c1-3-33-23(28)15-21-16-26(34(31,32)22-12-8-17(2)9-13-22)24(25(21)27(29)30)20-11-10-18-6-4-5-7-19(18)14-20/h4-14,21,24-25H,3,15-16H2,1-2H3/t21-,24-,25+/m0/s1. The number of benzene rings is 3.